The Kier molecular flexibility index (Phi) is 6.62. The zero-order valence-corrected chi connectivity index (χ0v) is 7.53. The van der Waals surface area contributed by atoms with Crippen LogP contribution in [0.3, 0.4) is 0 Å². The molecule has 1 N–H and O–H groups in total. The number of ether oxygens (including phenoxy) is 1. The molecule has 1 aliphatic rings. The van der Waals surface area contributed by atoms with Gasteiger partial charge < -0.3 is 10.1 Å². The van der Waals surface area contributed by atoms with Crippen LogP contribution in [0.2, 0.25) is 0 Å². The van der Waals surface area contributed by atoms with Gasteiger partial charge in [-0.05, 0) is 19.4 Å². The van der Waals surface area contributed by atoms with Crippen molar-refractivity contribution in [1.29, 1.82) is 0 Å². The van der Waals surface area contributed by atoms with Crippen LogP contribution in [0.5, 0.6) is 0 Å². The summed E-state index contributed by atoms with van der Waals surface area (Å²) in [6.45, 7) is 6.44. The first-order chi connectivity index (χ1) is 4.93. The van der Waals surface area contributed by atoms with Gasteiger partial charge in [-0.25, -0.2) is 0 Å². The quantitative estimate of drug-likeness (QED) is 0.658. The van der Waals surface area contributed by atoms with Crippen molar-refractivity contribution in [2.24, 2.45) is 0 Å². The minimum Gasteiger partial charge on any atom is -0.373 e. The summed E-state index contributed by atoms with van der Waals surface area (Å²) < 4.78 is 5.45. The van der Waals surface area contributed by atoms with E-state index in [9.17, 15) is 0 Å². The number of hydrogen-bond acceptors (Lipinski definition) is 2. The summed E-state index contributed by atoms with van der Waals surface area (Å²) in [6, 6.07) is 0. The fourth-order valence-electron chi connectivity index (χ4n) is 1.17. The number of hydrogen-bond donors (Lipinski definition) is 1. The summed E-state index contributed by atoms with van der Waals surface area (Å²) in [5.41, 5.74) is 0. The number of piperidine rings is 1. The van der Waals surface area contributed by atoms with Crippen molar-refractivity contribution in [3.05, 3.63) is 12.7 Å². The van der Waals surface area contributed by atoms with Gasteiger partial charge in [0.15, 0.2) is 0 Å². The molecular formula is C8H16ClNO. The van der Waals surface area contributed by atoms with Gasteiger partial charge in [0, 0.05) is 6.54 Å². The first-order valence-electron chi connectivity index (χ1n) is 3.86. The Labute approximate surface area is 74.4 Å². The van der Waals surface area contributed by atoms with Gasteiger partial charge in [0.1, 0.15) is 0 Å². The minimum atomic E-state index is 0. The highest BCUT2D eigenvalue weighted by Crippen LogP contribution is 2.04. The van der Waals surface area contributed by atoms with Crippen LogP contribution in [0.25, 0.3) is 0 Å². The van der Waals surface area contributed by atoms with Gasteiger partial charge in [-0.1, -0.05) is 6.08 Å². The van der Waals surface area contributed by atoms with Gasteiger partial charge in [0.05, 0.1) is 12.7 Å². The van der Waals surface area contributed by atoms with Gasteiger partial charge in [0.2, 0.25) is 0 Å². The van der Waals surface area contributed by atoms with Gasteiger partial charge in [0.25, 0.3) is 0 Å². The Bertz CT molecular complexity index is 102. The SMILES string of the molecule is C=CCO[C@H]1CCCNC1.Cl. The van der Waals surface area contributed by atoms with Crippen molar-refractivity contribution in [2.45, 2.75) is 18.9 Å². The average Bonchev–Trinajstić information content (AvgIpc) is 2.03. The van der Waals surface area contributed by atoms with E-state index >= 15 is 0 Å². The van der Waals surface area contributed by atoms with Crippen LogP contribution in [0.4, 0.5) is 0 Å². The first kappa shape index (κ1) is 11.0. The van der Waals surface area contributed by atoms with E-state index in [4.69, 9.17) is 4.74 Å². The van der Waals surface area contributed by atoms with Crippen LogP contribution in [0.15, 0.2) is 12.7 Å². The first-order valence-corrected chi connectivity index (χ1v) is 3.86. The Hall–Kier alpha value is -0.0500. The maximum atomic E-state index is 5.45. The van der Waals surface area contributed by atoms with Crippen LogP contribution < -0.4 is 5.32 Å². The highest BCUT2D eigenvalue weighted by Gasteiger charge is 2.11. The van der Waals surface area contributed by atoms with E-state index in [0.717, 1.165) is 13.1 Å². The largest absolute Gasteiger partial charge is 0.373 e. The molecule has 0 unspecified atom stereocenters. The van der Waals surface area contributed by atoms with Crippen molar-refractivity contribution in [3.8, 4) is 0 Å². The molecule has 1 aliphatic heterocycles. The molecule has 0 radical (unpaired) electrons. The Morgan fingerprint density at radius 1 is 1.64 bits per heavy atom. The maximum absolute atomic E-state index is 5.45. The molecule has 1 atom stereocenters. The second kappa shape index (κ2) is 6.65. The minimum absolute atomic E-state index is 0. The zero-order chi connectivity index (χ0) is 7.23. The molecule has 0 aliphatic carbocycles. The van der Waals surface area contributed by atoms with Crippen molar-refractivity contribution in [2.75, 3.05) is 19.7 Å². The molecule has 0 spiro atoms. The molecule has 3 heteroatoms. The van der Waals surface area contributed by atoms with Crippen LogP contribution in [-0.4, -0.2) is 25.8 Å². The Morgan fingerprint density at radius 2 is 2.45 bits per heavy atom. The molecule has 1 fully saturated rings. The van der Waals surface area contributed by atoms with E-state index in [1.807, 2.05) is 0 Å². The molecule has 0 bridgehead atoms. The monoisotopic (exact) mass is 177 g/mol. The lowest BCUT2D eigenvalue weighted by Gasteiger charge is -2.22. The molecule has 0 aromatic rings. The van der Waals surface area contributed by atoms with E-state index < -0.39 is 0 Å². The fourth-order valence-corrected chi connectivity index (χ4v) is 1.17. The second-order valence-corrected chi connectivity index (χ2v) is 2.59. The van der Waals surface area contributed by atoms with Crippen LogP contribution in [0.1, 0.15) is 12.8 Å². The van der Waals surface area contributed by atoms with Gasteiger partial charge in [-0.3, -0.25) is 0 Å². The maximum Gasteiger partial charge on any atom is 0.0704 e. The third kappa shape index (κ3) is 4.40. The lowest BCUT2D eigenvalue weighted by molar-refractivity contribution is 0.0559. The summed E-state index contributed by atoms with van der Waals surface area (Å²) in [4.78, 5) is 0. The molecule has 0 saturated carbocycles. The van der Waals surface area contributed by atoms with Crippen molar-refractivity contribution in [1.82, 2.24) is 5.32 Å². The predicted molar refractivity (Wildman–Crippen MR) is 49.3 cm³/mol. The molecule has 2 nitrogen and oxygen atoms in total. The molecule has 1 saturated heterocycles. The average molecular weight is 178 g/mol. The number of halogens is 1. The lowest BCUT2D eigenvalue weighted by Crippen LogP contribution is -2.35. The van der Waals surface area contributed by atoms with E-state index in [0.29, 0.717) is 12.7 Å². The Balaban J connectivity index is 0.000001000. The zero-order valence-electron chi connectivity index (χ0n) is 6.71. The smallest absolute Gasteiger partial charge is 0.0704 e. The van der Waals surface area contributed by atoms with E-state index in [-0.39, 0.29) is 12.4 Å². The molecule has 0 aromatic heterocycles. The molecule has 66 valence electrons. The summed E-state index contributed by atoms with van der Waals surface area (Å²) in [5.74, 6) is 0. The van der Waals surface area contributed by atoms with E-state index in [2.05, 4.69) is 11.9 Å². The lowest BCUT2D eigenvalue weighted by atomic mass is 10.1. The van der Waals surface area contributed by atoms with Crippen molar-refractivity contribution < 1.29 is 4.74 Å². The van der Waals surface area contributed by atoms with Crippen LogP contribution in [-0.2, 0) is 4.74 Å². The predicted octanol–water partition coefficient (Wildman–Crippen LogP) is 1.36. The highest BCUT2D eigenvalue weighted by atomic mass is 35.5. The third-order valence-corrected chi connectivity index (χ3v) is 1.70. The van der Waals surface area contributed by atoms with E-state index in [1.165, 1.54) is 12.8 Å². The van der Waals surface area contributed by atoms with Crippen molar-refractivity contribution in [3.63, 3.8) is 0 Å². The fraction of sp³-hybridized carbons (Fsp3) is 0.750. The molecule has 1 rings (SSSR count). The van der Waals surface area contributed by atoms with Crippen molar-refractivity contribution >= 4 is 12.4 Å². The molecule has 1 heterocycles. The van der Waals surface area contributed by atoms with Gasteiger partial charge >= 0.3 is 0 Å². The topological polar surface area (TPSA) is 21.3 Å². The number of rotatable bonds is 3. The summed E-state index contributed by atoms with van der Waals surface area (Å²) in [5, 5.41) is 3.28. The second-order valence-electron chi connectivity index (χ2n) is 2.59. The summed E-state index contributed by atoms with van der Waals surface area (Å²) in [6.07, 6.45) is 4.66. The van der Waals surface area contributed by atoms with Gasteiger partial charge in [-0.15, -0.1) is 19.0 Å². The summed E-state index contributed by atoms with van der Waals surface area (Å²) in [7, 11) is 0. The van der Waals surface area contributed by atoms with E-state index in [1.54, 1.807) is 6.08 Å². The molecule has 0 aromatic carbocycles. The van der Waals surface area contributed by atoms with Crippen LogP contribution >= 0.6 is 12.4 Å². The van der Waals surface area contributed by atoms with Gasteiger partial charge in [-0.2, -0.15) is 0 Å². The summed E-state index contributed by atoms with van der Waals surface area (Å²) >= 11 is 0. The molecule has 11 heavy (non-hydrogen) atoms. The van der Waals surface area contributed by atoms with Crippen LogP contribution in [0, 0.1) is 0 Å². The molecular weight excluding hydrogens is 162 g/mol. The molecule has 0 amide bonds. The number of nitrogens with one attached hydrogen (secondary N) is 1. The Morgan fingerprint density at radius 3 is 3.00 bits per heavy atom. The third-order valence-electron chi connectivity index (χ3n) is 1.70. The normalized spacial score (nSPS) is 23.8. The standard InChI is InChI=1S/C8H15NO.ClH/c1-2-6-10-8-4-3-5-9-7-8;/h2,8-9H,1,3-7H2;1H/t8-;/m0./s1. The highest BCUT2D eigenvalue weighted by molar-refractivity contribution is 5.85.